The van der Waals surface area contributed by atoms with Crippen LogP contribution in [0.1, 0.15) is 39.5 Å². The van der Waals surface area contributed by atoms with Gasteiger partial charge in [-0.2, -0.15) is 0 Å². The van der Waals surface area contributed by atoms with Crippen molar-refractivity contribution in [3.05, 3.63) is 0 Å². The lowest BCUT2D eigenvalue weighted by atomic mass is 9.97. The summed E-state index contributed by atoms with van der Waals surface area (Å²) in [5, 5.41) is 3.62. The fraction of sp³-hybridized carbons (Fsp3) is 1.00. The summed E-state index contributed by atoms with van der Waals surface area (Å²) >= 11 is 0. The Labute approximate surface area is 130 Å². The average Bonchev–Trinajstić information content (AvgIpc) is 2.42. The summed E-state index contributed by atoms with van der Waals surface area (Å²) in [4.78, 5) is 2.56. The third kappa shape index (κ3) is 4.91. The maximum absolute atomic E-state index is 11.7. The van der Waals surface area contributed by atoms with E-state index in [9.17, 15) is 8.42 Å². The average molecular weight is 317 g/mol. The Bertz CT molecular complexity index is 427. The molecule has 2 fully saturated rings. The molecule has 2 heterocycles. The summed E-state index contributed by atoms with van der Waals surface area (Å²) in [5.74, 6) is 0.483. The van der Waals surface area contributed by atoms with E-state index in [0.29, 0.717) is 31.1 Å². The molecule has 2 rings (SSSR count). The van der Waals surface area contributed by atoms with Gasteiger partial charge in [-0.05, 0) is 32.1 Å². The van der Waals surface area contributed by atoms with Crippen LogP contribution in [0, 0.1) is 5.92 Å². The highest BCUT2D eigenvalue weighted by molar-refractivity contribution is 7.88. The predicted octanol–water partition coefficient (Wildman–Crippen LogP) is 1.12. The molecule has 0 aromatic rings. The lowest BCUT2D eigenvalue weighted by Gasteiger charge is -2.42. The van der Waals surface area contributed by atoms with Crippen LogP contribution in [0.3, 0.4) is 0 Å². The van der Waals surface area contributed by atoms with Crippen molar-refractivity contribution in [2.24, 2.45) is 5.92 Å². The third-order valence-corrected chi connectivity index (χ3v) is 6.13. The molecule has 2 saturated heterocycles. The summed E-state index contributed by atoms with van der Waals surface area (Å²) in [6, 6.07) is 1.15. The molecule has 0 radical (unpaired) electrons. The van der Waals surface area contributed by atoms with Crippen molar-refractivity contribution in [1.29, 1.82) is 0 Å². The summed E-state index contributed by atoms with van der Waals surface area (Å²) in [5.41, 5.74) is 0. The fourth-order valence-electron chi connectivity index (χ4n) is 3.60. The van der Waals surface area contributed by atoms with Gasteiger partial charge in [0.05, 0.1) is 6.26 Å². The fourth-order valence-corrected chi connectivity index (χ4v) is 4.54. The number of piperidine rings is 1. The van der Waals surface area contributed by atoms with Gasteiger partial charge in [0.2, 0.25) is 10.0 Å². The number of piperazine rings is 1. The minimum absolute atomic E-state index is 0.483. The molecule has 0 amide bonds. The molecule has 0 aromatic heterocycles. The van der Waals surface area contributed by atoms with Crippen LogP contribution in [0.2, 0.25) is 0 Å². The molecular weight excluding hydrogens is 286 g/mol. The zero-order valence-corrected chi connectivity index (χ0v) is 14.5. The molecule has 0 aromatic carbocycles. The van der Waals surface area contributed by atoms with Crippen LogP contribution in [0.4, 0.5) is 0 Å². The molecule has 0 spiro atoms. The molecule has 3 unspecified atom stereocenters. The Hall–Kier alpha value is -0.170. The molecular formula is C15H31N3O2S. The van der Waals surface area contributed by atoms with Gasteiger partial charge in [0.25, 0.3) is 0 Å². The van der Waals surface area contributed by atoms with Crippen LogP contribution in [0.5, 0.6) is 0 Å². The molecule has 0 aliphatic carbocycles. The van der Waals surface area contributed by atoms with Gasteiger partial charge < -0.3 is 5.32 Å². The van der Waals surface area contributed by atoms with E-state index >= 15 is 0 Å². The highest BCUT2D eigenvalue weighted by atomic mass is 32.2. The molecule has 2 aliphatic heterocycles. The molecule has 0 bridgehead atoms. The molecule has 21 heavy (non-hydrogen) atoms. The Morgan fingerprint density at radius 3 is 2.71 bits per heavy atom. The van der Waals surface area contributed by atoms with Crippen molar-refractivity contribution in [3.63, 3.8) is 0 Å². The Balaban J connectivity index is 1.90. The van der Waals surface area contributed by atoms with Crippen molar-refractivity contribution in [3.8, 4) is 0 Å². The number of nitrogens with one attached hydrogen (secondary N) is 1. The van der Waals surface area contributed by atoms with E-state index in [1.165, 1.54) is 19.1 Å². The van der Waals surface area contributed by atoms with Crippen LogP contribution in [-0.4, -0.2) is 68.7 Å². The number of sulfonamides is 1. The SMILES string of the molecule is CCCC1CN(CC2CCCN(S(C)(=O)=O)C2)C(C)CN1. The molecule has 6 heteroatoms. The van der Waals surface area contributed by atoms with Gasteiger partial charge in [-0.3, -0.25) is 4.90 Å². The van der Waals surface area contributed by atoms with Crippen LogP contribution in [0.25, 0.3) is 0 Å². The minimum atomic E-state index is -3.03. The Morgan fingerprint density at radius 2 is 2.05 bits per heavy atom. The predicted molar refractivity (Wildman–Crippen MR) is 86.9 cm³/mol. The van der Waals surface area contributed by atoms with Gasteiger partial charge in [0.1, 0.15) is 0 Å². The van der Waals surface area contributed by atoms with Gasteiger partial charge in [-0.25, -0.2) is 12.7 Å². The standard InChI is InChI=1S/C15H31N3O2S/c1-4-6-15-12-17(13(2)9-16-15)10-14-7-5-8-18(11-14)21(3,19)20/h13-16H,4-12H2,1-3H3. The lowest BCUT2D eigenvalue weighted by molar-refractivity contribution is 0.0996. The summed E-state index contributed by atoms with van der Waals surface area (Å²) < 4.78 is 25.1. The molecule has 1 N–H and O–H groups in total. The summed E-state index contributed by atoms with van der Waals surface area (Å²) in [6.07, 6.45) is 5.92. The third-order valence-electron chi connectivity index (χ3n) is 4.86. The van der Waals surface area contributed by atoms with Gasteiger partial charge >= 0.3 is 0 Å². The van der Waals surface area contributed by atoms with E-state index in [4.69, 9.17) is 0 Å². The Morgan fingerprint density at radius 1 is 1.29 bits per heavy atom. The smallest absolute Gasteiger partial charge is 0.211 e. The first-order valence-corrected chi connectivity index (χ1v) is 10.2. The molecule has 124 valence electrons. The lowest BCUT2D eigenvalue weighted by Crippen LogP contribution is -2.57. The largest absolute Gasteiger partial charge is 0.311 e. The normalized spacial score (nSPS) is 33.2. The first-order valence-electron chi connectivity index (χ1n) is 8.32. The summed E-state index contributed by atoms with van der Waals surface area (Å²) in [7, 11) is -3.03. The highest BCUT2D eigenvalue weighted by Gasteiger charge is 2.30. The van der Waals surface area contributed by atoms with Crippen molar-refractivity contribution in [2.45, 2.75) is 51.6 Å². The van der Waals surface area contributed by atoms with Crippen LogP contribution >= 0.6 is 0 Å². The number of hydrogen-bond donors (Lipinski definition) is 1. The second kappa shape index (κ2) is 7.40. The van der Waals surface area contributed by atoms with E-state index in [-0.39, 0.29) is 0 Å². The number of rotatable bonds is 5. The maximum atomic E-state index is 11.7. The van der Waals surface area contributed by atoms with Gasteiger partial charge in [0.15, 0.2) is 0 Å². The van der Waals surface area contributed by atoms with E-state index in [0.717, 1.165) is 32.5 Å². The van der Waals surface area contributed by atoms with Crippen molar-refractivity contribution >= 4 is 10.0 Å². The first kappa shape index (κ1) is 17.2. The van der Waals surface area contributed by atoms with Crippen molar-refractivity contribution in [1.82, 2.24) is 14.5 Å². The van der Waals surface area contributed by atoms with Crippen molar-refractivity contribution < 1.29 is 8.42 Å². The van der Waals surface area contributed by atoms with Gasteiger partial charge in [0, 0.05) is 44.8 Å². The summed E-state index contributed by atoms with van der Waals surface area (Å²) in [6.45, 7) is 9.09. The monoisotopic (exact) mass is 317 g/mol. The quantitative estimate of drug-likeness (QED) is 0.826. The second-order valence-electron chi connectivity index (χ2n) is 6.83. The highest BCUT2D eigenvalue weighted by Crippen LogP contribution is 2.22. The van der Waals surface area contributed by atoms with Gasteiger partial charge in [-0.15, -0.1) is 0 Å². The first-order chi connectivity index (χ1) is 9.90. The van der Waals surface area contributed by atoms with E-state index in [1.807, 2.05) is 0 Å². The van der Waals surface area contributed by atoms with Crippen LogP contribution in [-0.2, 0) is 10.0 Å². The molecule has 0 saturated carbocycles. The minimum Gasteiger partial charge on any atom is -0.311 e. The van der Waals surface area contributed by atoms with E-state index in [2.05, 4.69) is 24.1 Å². The maximum Gasteiger partial charge on any atom is 0.211 e. The van der Waals surface area contributed by atoms with Crippen molar-refractivity contribution in [2.75, 3.05) is 39.0 Å². The zero-order valence-electron chi connectivity index (χ0n) is 13.7. The molecule has 5 nitrogen and oxygen atoms in total. The van der Waals surface area contributed by atoms with E-state index in [1.54, 1.807) is 4.31 Å². The Kier molecular flexibility index (Phi) is 6.05. The zero-order chi connectivity index (χ0) is 15.5. The molecule has 2 aliphatic rings. The van der Waals surface area contributed by atoms with Gasteiger partial charge in [-0.1, -0.05) is 13.3 Å². The van der Waals surface area contributed by atoms with Crippen LogP contribution < -0.4 is 5.32 Å². The topological polar surface area (TPSA) is 52.7 Å². The molecule has 3 atom stereocenters. The number of nitrogens with zero attached hydrogens (tertiary/aromatic N) is 2. The number of hydrogen-bond acceptors (Lipinski definition) is 4. The second-order valence-corrected chi connectivity index (χ2v) is 8.81. The van der Waals surface area contributed by atoms with Crippen LogP contribution in [0.15, 0.2) is 0 Å². The van der Waals surface area contributed by atoms with E-state index < -0.39 is 10.0 Å².